The molecule has 1 N–H and O–H groups in total. The highest BCUT2D eigenvalue weighted by Gasteiger charge is 2.27. The highest BCUT2D eigenvalue weighted by atomic mass is 16.3. The third-order valence-electron chi connectivity index (χ3n) is 8.12. The first-order valence-electron chi connectivity index (χ1n) is 14.7. The largest absolute Gasteiger partial charge is 0.507 e. The molecule has 0 fully saturated rings. The van der Waals surface area contributed by atoms with E-state index in [4.69, 9.17) is 9.97 Å². The first kappa shape index (κ1) is 28.4. The molecule has 216 valence electrons. The summed E-state index contributed by atoms with van der Waals surface area (Å²) in [5, 5.41) is 11.6. The van der Waals surface area contributed by atoms with Crippen molar-refractivity contribution in [2.24, 2.45) is 7.05 Å². The van der Waals surface area contributed by atoms with Gasteiger partial charge in [0.05, 0.1) is 22.5 Å². The van der Waals surface area contributed by atoms with Gasteiger partial charge in [0.2, 0.25) is 0 Å². The fraction of sp³-hybridized carbons (Fsp3) is 0.237. The number of fused-ring (bicyclic) bond motifs is 1. The molecule has 6 aromatic rings. The van der Waals surface area contributed by atoms with Crippen LogP contribution in [0.1, 0.15) is 52.7 Å². The second-order valence-corrected chi connectivity index (χ2v) is 13.3. The fourth-order valence-electron chi connectivity index (χ4n) is 5.61. The van der Waals surface area contributed by atoms with Gasteiger partial charge < -0.3 is 9.67 Å². The maximum absolute atomic E-state index is 11.6. The fourth-order valence-corrected chi connectivity index (χ4v) is 5.61. The number of rotatable bonds is 4. The molecule has 0 saturated carbocycles. The van der Waals surface area contributed by atoms with Crippen molar-refractivity contribution in [3.05, 3.63) is 108 Å². The van der Waals surface area contributed by atoms with E-state index in [1.54, 1.807) is 0 Å². The summed E-state index contributed by atoms with van der Waals surface area (Å²) in [7, 11) is 2.00. The predicted octanol–water partition coefficient (Wildman–Crippen LogP) is 9.33. The second kappa shape index (κ2) is 10.5. The zero-order valence-corrected chi connectivity index (χ0v) is 26.0. The Balaban J connectivity index is 1.49. The molecule has 0 saturated heterocycles. The van der Waals surface area contributed by atoms with Crippen molar-refractivity contribution < 1.29 is 5.11 Å². The highest BCUT2D eigenvalue weighted by Crippen LogP contribution is 2.43. The van der Waals surface area contributed by atoms with Gasteiger partial charge in [-0.05, 0) is 57.9 Å². The summed E-state index contributed by atoms with van der Waals surface area (Å²) in [4.78, 5) is 14.6. The van der Waals surface area contributed by atoms with Crippen LogP contribution in [0.5, 0.6) is 5.75 Å². The second-order valence-electron chi connectivity index (χ2n) is 13.3. The smallest absolute Gasteiger partial charge is 0.144 e. The molecule has 0 aliphatic heterocycles. The Morgan fingerprint density at radius 3 is 2.07 bits per heavy atom. The number of nitrogens with zero attached hydrogens (tertiary/aromatic N) is 4. The monoisotopic (exact) mass is 566 g/mol. The van der Waals surface area contributed by atoms with Gasteiger partial charge in [-0.25, -0.2) is 4.98 Å². The van der Waals surface area contributed by atoms with Crippen LogP contribution in [0.2, 0.25) is 0 Å². The Morgan fingerprint density at radius 1 is 0.651 bits per heavy atom. The van der Waals surface area contributed by atoms with Gasteiger partial charge in [-0.2, -0.15) is 0 Å². The first-order valence-corrected chi connectivity index (χ1v) is 14.7. The number of phenols is 1. The van der Waals surface area contributed by atoms with Crippen LogP contribution < -0.4 is 0 Å². The molecule has 0 radical (unpaired) electrons. The van der Waals surface area contributed by atoms with Gasteiger partial charge in [0, 0.05) is 36.1 Å². The van der Waals surface area contributed by atoms with Gasteiger partial charge in [0.25, 0.3) is 0 Å². The molecule has 6 rings (SSSR count). The third kappa shape index (κ3) is 5.32. The lowest BCUT2D eigenvalue weighted by Gasteiger charge is -2.27. The van der Waals surface area contributed by atoms with Gasteiger partial charge >= 0.3 is 0 Å². The van der Waals surface area contributed by atoms with Crippen LogP contribution >= 0.6 is 0 Å². The van der Waals surface area contributed by atoms with Gasteiger partial charge in [0.15, 0.2) is 0 Å². The van der Waals surface area contributed by atoms with Gasteiger partial charge in [-0.15, -0.1) is 0 Å². The minimum atomic E-state index is -0.232. The number of pyridine rings is 2. The predicted molar refractivity (Wildman–Crippen MR) is 177 cm³/mol. The van der Waals surface area contributed by atoms with E-state index in [-0.39, 0.29) is 16.6 Å². The molecule has 3 heterocycles. The van der Waals surface area contributed by atoms with Crippen molar-refractivity contribution in [3.8, 4) is 50.8 Å². The summed E-state index contributed by atoms with van der Waals surface area (Å²) >= 11 is 0. The molecule has 0 aliphatic rings. The van der Waals surface area contributed by atoms with Crippen molar-refractivity contribution in [3.63, 3.8) is 0 Å². The first-order chi connectivity index (χ1) is 20.4. The molecule has 43 heavy (non-hydrogen) atoms. The normalized spacial score (nSPS) is 12.2. The van der Waals surface area contributed by atoms with Crippen LogP contribution in [0.15, 0.2) is 97.3 Å². The number of hydrogen-bond acceptors (Lipinski definition) is 4. The topological polar surface area (TPSA) is 63.8 Å². The van der Waals surface area contributed by atoms with E-state index < -0.39 is 0 Å². The molecule has 0 atom stereocenters. The Labute approximate surface area is 253 Å². The maximum Gasteiger partial charge on any atom is 0.144 e. The van der Waals surface area contributed by atoms with E-state index in [9.17, 15) is 5.11 Å². The Kier molecular flexibility index (Phi) is 6.92. The van der Waals surface area contributed by atoms with Gasteiger partial charge in [-0.3, -0.25) is 9.97 Å². The molecule has 0 amide bonds. The molecule has 3 aromatic carbocycles. The Bertz CT molecular complexity index is 1960. The number of hydrogen-bond donors (Lipinski definition) is 1. The minimum Gasteiger partial charge on any atom is -0.507 e. The minimum absolute atomic E-state index is 0.0912. The van der Waals surface area contributed by atoms with Crippen molar-refractivity contribution in [1.29, 1.82) is 0 Å². The van der Waals surface area contributed by atoms with Crippen LogP contribution in [0, 0.1) is 0 Å². The van der Waals surface area contributed by atoms with Crippen LogP contribution in [0.3, 0.4) is 0 Å². The third-order valence-corrected chi connectivity index (χ3v) is 8.12. The lowest BCUT2D eigenvalue weighted by atomic mass is 9.79. The van der Waals surface area contributed by atoms with Crippen molar-refractivity contribution >= 4 is 11.0 Å². The summed E-state index contributed by atoms with van der Waals surface area (Å²) in [5.41, 5.74) is 10.2. The maximum atomic E-state index is 11.6. The van der Waals surface area contributed by atoms with Crippen LogP contribution in [0.4, 0.5) is 0 Å². The van der Waals surface area contributed by atoms with E-state index in [2.05, 4.69) is 99.6 Å². The zero-order valence-electron chi connectivity index (χ0n) is 26.0. The molecule has 5 nitrogen and oxygen atoms in total. The van der Waals surface area contributed by atoms with Crippen molar-refractivity contribution in [2.45, 2.75) is 52.4 Å². The zero-order chi connectivity index (χ0) is 30.5. The molecular weight excluding hydrogens is 528 g/mol. The van der Waals surface area contributed by atoms with E-state index in [0.29, 0.717) is 5.82 Å². The lowest BCUT2D eigenvalue weighted by Crippen LogP contribution is -2.17. The molecular formula is C38H38N4O. The molecule has 3 aromatic heterocycles. The SMILES string of the molecule is Cn1c(-c2cc(C(C)(C)C)cc(C(C)(C)C)c2O)nc2c(-c3cccc(-c4cc(-c5ccccc5)ccn4)c3)nccc21. The average Bonchev–Trinajstić information content (AvgIpc) is 3.33. The number of benzene rings is 3. The number of imidazole rings is 1. The number of aryl methyl sites for hydroxylation is 1. The van der Waals surface area contributed by atoms with E-state index in [1.165, 1.54) is 0 Å². The van der Waals surface area contributed by atoms with Crippen LogP contribution in [0.25, 0.3) is 56.1 Å². The number of aromatic hydroxyl groups is 1. The number of phenolic OH excluding ortho intramolecular Hbond substituents is 1. The van der Waals surface area contributed by atoms with Gasteiger partial charge in [0.1, 0.15) is 17.1 Å². The summed E-state index contributed by atoms with van der Waals surface area (Å²) in [6.45, 7) is 13.0. The lowest BCUT2D eigenvalue weighted by molar-refractivity contribution is 0.446. The molecule has 5 heteroatoms. The Morgan fingerprint density at radius 2 is 1.35 bits per heavy atom. The van der Waals surface area contributed by atoms with Crippen LogP contribution in [-0.4, -0.2) is 24.6 Å². The summed E-state index contributed by atoms with van der Waals surface area (Å²) < 4.78 is 2.06. The Hall–Kier alpha value is -4.77. The molecule has 0 spiro atoms. The standard InChI is InChI=1S/C38H38N4O/c1-37(2,3)28-22-29(35(43)30(23-28)38(4,5)6)36-41-34-32(42(36)7)17-19-40-33(34)27-15-11-14-26(20-27)31-21-25(16-18-39-31)24-12-9-8-10-13-24/h8-23,43H,1-7H3. The quantitative estimate of drug-likeness (QED) is 0.231. The average molecular weight is 567 g/mol. The van der Waals surface area contributed by atoms with Crippen molar-refractivity contribution in [2.75, 3.05) is 0 Å². The molecule has 0 unspecified atom stereocenters. The van der Waals surface area contributed by atoms with E-state index in [1.807, 2.05) is 55.8 Å². The van der Waals surface area contributed by atoms with Crippen LogP contribution in [-0.2, 0) is 17.9 Å². The molecule has 0 bridgehead atoms. The summed E-state index contributed by atoms with van der Waals surface area (Å²) in [6, 6.07) is 29.0. The highest BCUT2D eigenvalue weighted by molar-refractivity contribution is 5.93. The number of aromatic nitrogens is 4. The molecule has 0 aliphatic carbocycles. The van der Waals surface area contributed by atoms with Gasteiger partial charge in [-0.1, -0.05) is 96.1 Å². The van der Waals surface area contributed by atoms with E-state index >= 15 is 0 Å². The summed E-state index contributed by atoms with van der Waals surface area (Å²) in [6.07, 6.45) is 3.69. The summed E-state index contributed by atoms with van der Waals surface area (Å²) in [5.74, 6) is 0.992. The van der Waals surface area contributed by atoms with E-state index in [0.717, 1.165) is 61.4 Å². The van der Waals surface area contributed by atoms with Crippen molar-refractivity contribution in [1.82, 2.24) is 19.5 Å².